The number of esters is 1. The lowest BCUT2D eigenvalue weighted by Crippen LogP contribution is -2.61. The lowest BCUT2D eigenvalue weighted by atomic mass is 9.99. The van der Waals surface area contributed by atoms with E-state index in [4.69, 9.17) is 14.2 Å². The third-order valence-corrected chi connectivity index (χ3v) is 12.2. The summed E-state index contributed by atoms with van der Waals surface area (Å²) in [4.78, 5) is 26.3. The normalized spacial score (nSPS) is 20.6. The fourth-order valence-electron chi connectivity index (χ4n) is 7.84. The number of rotatable bonds is 43. The van der Waals surface area contributed by atoms with Gasteiger partial charge >= 0.3 is 5.97 Å². The monoisotopic (exact) mass is 956 g/mol. The molecule has 8 unspecified atom stereocenters. The highest BCUT2D eigenvalue weighted by Crippen LogP contribution is 2.26. The summed E-state index contributed by atoms with van der Waals surface area (Å²) in [6, 6.07) is -1.04. The second kappa shape index (κ2) is 45.0. The number of amides is 1. The largest absolute Gasteiger partial charge is 0.454 e. The molecule has 1 rings (SSSR count). The number of ether oxygens (including phenoxy) is 3. The molecule has 0 aliphatic carbocycles. The van der Waals surface area contributed by atoms with Gasteiger partial charge in [-0.25, -0.2) is 0 Å². The first-order valence-corrected chi connectivity index (χ1v) is 26.9. The van der Waals surface area contributed by atoms with Crippen LogP contribution in [0.3, 0.4) is 0 Å². The number of allylic oxidation sites excluding steroid dienone is 13. The molecular weight excluding hydrogens is 859 g/mol. The zero-order valence-corrected chi connectivity index (χ0v) is 42.7. The molecule has 0 radical (unpaired) electrons. The molecule has 390 valence electrons. The van der Waals surface area contributed by atoms with Gasteiger partial charge in [-0.1, -0.05) is 209 Å². The van der Waals surface area contributed by atoms with Gasteiger partial charge in [-0.3, -0.25) is 9.59 Å². The molecule has 0 bridgehead atoms. The quantitative estimate of drug-likeness (QED) is 0.0149. The van der Waals surface area contributed by atoms with E-state index < -0.39 is 67.4 Å². The fraction of sp³-hybridized carbons (Fsp3) is 0.719. The van der Waals surface area contributed by atoms with Crippen molar-refractivity contribution in [2.75, 3.05) is 13.2 Å². The average molecular weight is 956 g/mol. The first kappa shape index (κ1) is 62.9. The number of nitrogens with one attached hydrogen (secondary N) is 1. The minimum atomic E-state index is -1.64. The molecule has 1 aliphatic rings. The van der Waals surface area contributed by atoms with Crippen LogP contribution in [0.15, 0.2) is 85.1 Å². The summed E-state index contributed by atoms with van der Waals surface area (Å²) in [6.07, 6.45) is 46.3. The molecule has 8 atom stereocenters. The molecule has 68 heavy (non-hydrogen) atoms. The van der Waals surface area contributed by atoms with E-state index in [0.29, 0.717) is 12.8 Å². The first-order chi connectivity index (χ1) is 33.2. The van der Waals surface area contributed by atoms with Crippen LogP contribution in [0.5, 0.6) is 0 Å². The van der Waals surface area contributed by atoms with Gasteiger partial charge in [-0.15, -0.1) is 0 Å². The van der Waals surface area contributed by atoms with E-state index in [1.807, 2.05) is 54.7 Å². The molecule has 0 saturated carbocycles. The summed E-state index contributed by atoms with van der Waals surface area (Å²) in [6.45, 7) is 5.56. The van der Waals surface area contributed by atoms with Crippen LogP contribution in [0.25, 0.3) is 0 Å². The predicted octanol–water partition coefficient (Wildman–Crippen LogP) is 11.4. The number of aliphatic hydroxyl groups excluding tert-OH is 5. The van der Waals surface area contributed by atoms with Crippen LogP contribution in [-0.4, -0.2) is 99.6 Å². The zero-order chi connectivity index (χ0) is 49.7. The number of hydrogen-bond donors (Lipinski definition) is 6. The maximum atomic E-state index is 13.3. The molecule has 1 heterocycles. The predicted molar refractivity (Wildman–Crippen MR) is 278 cm³/mol. The maximum Gasteiger partial charge on any atom is 0.306 e. The van der Waals surface area contributed by atoms with Crippen molar-refractivity contribution in [3.05, 3.63) is 85.1 Å². The molecule has 1 amide bonds. The van der Waals surface area contributed by atoms with E-state index in [1.165, 1.54) is 83.5 Å². The van der Waals surface area contributed by atoms with Gasteiger partial charge in [0.1, 0.15) is 24.4 Å². The van der Waals surface area contributed by atoms with Crippen LogP contribution < -0.4 is 5.32 Å². The zero-order valence-electron chi connectivity index (χ0n) is 42.7. The molecule has 1 aliphatic heterocycles. The molecule has 11 heteroatoms. The molecule has 0 aromatic heterocycles. The topological polar surface area (TPSA) is 175 Å². The Kier molecular flexibility index (Phi) is 41.6. The van der Waals surface area contributed by atoms with Crippen LogP contribution in [0.4, 0.5) is 0 Å². The van der Waals surface area contributed by atoms with Crippen molar-refractivity contribution in [2.24, 2.45) is 0 Å². The Morgan fingerprint density at radius 1 is 0.588 bits per heavy atom. The van der Waals surface area contributed by atoms with Crippen molar-refractivity contribution in [2.45, 2.75) is 250 Å². The Morgan fingerprint density at radius 3 is 1.63 bits per heavy atom. The molecule has 0 aromatic rings. The number of aliphatic hydroxyl groups is 5. The Bertz CT molecular complexity index is 1420. The van der Waals surface area contributed by atoms with E-state index in [0.717, 1.165) is 70.6 Å². The smallest absolute Gasteiger partial charge is 0.306 e. The van der Waals surface area contributed by atoms with Crippen molar-refractivity contribution in [1.29, 1.82) is 0 Å². The van der Waals surface area contributed by atoms with Crippen molar-refractivity contribution < 1.29 is 49.3 Å². The first-order valence-electron chi connectivity index (χ1n) is 26.9. The minimum Gasteiger partial charge on any atom is -0.454 e. The molecule has 11 nitrogen and oxygen atoms in total. The van der Waals surface area contributed by atoms with Crippen molar-refractivity contribution in [3.8, 4) is 0 Å². The molecule has 1 saturated heterocycles. The van der Waals surface area contributed by atoms with Gasteiger partial charge in [0.2, 0.25) is 5.91 Å². The number of carbonyl (C=O) groups is 2. The summed E-state index contributed by atoms with van der Waals surface area (Å²) in [5.41, 5.74) is 0. The van der Waals surface area contributed by atoms with Gasteiger partial charge in [-0.2, -0.15) is 0 Å². The third kappa shape index (κ3) is 33.4. The molecular formula is C57H97NO10. The average Bonchev–Trinajstić information content (AvgIpc) is 3.33. The SMILES string of the molecule is CC/C=C/C=C/C=C\C=C/C=C/CCCCCC(=O)OC1C(OCC(NC(=O)C(O)CCCC/C=C\CCCCCCCCC)C(O)/C=C/CCCCCCCCCCC)OC(CO)C(O)C1O. The van der Waals surface area contributed by atoms with Gasteiger partial charge in [0.05, 0.1) is 25.4 Å². The molecule has 6 N–H and O–H groups in total. The summed E-state index contributed by atoms with van der Waals surface area (Å²) < 4.78 is 17.5. The molecule has 1 fully saturated rings. The Balaban J connectivity index is 2.81. The van der Waals surface area contributed by atoms with E-state index in [2.05, 4.69) is 50.4 Å². The number of hydrogen-bond acceptors (Lipinski definition) is 10. The van der Waals surface area contributed by atoms with Gasteiger partial charge in [-0.05, 0) is 70.6 Å². The minimum absolute atomic E-state index is 0.0689. The van der Waals surface area contributed by atoms with Crippen LogP contribution >= 0.6 is 0 Å². The lowest BCUT2D eigenvalue weighted by Gasteiger charge is -2.41. The second-order valence-corrected chi connectivity index (χ2v) is 18.3. The Morgan fingerprint density at radius 2 is 1.07 bits per heavy atom. The third-order valence-electron chi connectivity index (χ3n) is 12.2. The standard InChI is InChI=1S/C57H97NO10/c1-4-7-10-13-16-19-22-24-25-27-30-33-36-39-42-45-52(62)68-55-54(64)53(63)51(46-59)67-57(55)66-47-48(49(60)43-40-37-34-31-28-21-18-15-12-9-6-3)58-56(65)50(61)44-41-38-35-32-29-26-23-20-17-14-11-8-5-2/h7,10,13,16,19,22,24-25,27,29-30,32,40,43,48-51,53-55,57,59-61,63-64H,4-6,8-9,11-12,14-15,17-18,20-21,23,26,28,31,33-39,41-42,44-47H2,1-3H3,(H,58,65)/b10-7+,16-13+,22-19-,25-24-,30-27+,32-29-,43-40+. The second-order valence-electron chi connectivity index (χ2n) is 18.3. The van der Waals surface area contributed by atoms with Gasteiger partial charge < -0.3 is 45.1 Å². The summed E-state index contributed by atoms with van der Waals surface area (Å²) in [5.74, 6) is -1.26. The van der Waals surface area contributed by atoms with Gasteiger partial charge in [0.25, 0.3) is 0 Å². The van der Waals surface area contributed by atoms with Crippen molar-refractivity contribution in [1.82, 2.24) is 5.32 Å². The summed E-state index contributed by atoms with van der Waals surface area (Å²) in [7, 11) is 0. The van der Waals surface area contributed by atoms with Gasteiger partial charge in [0, 0.05) is 6.42 Å². The number of carbonyl (C=O) groups excluding carboxylic acids is 2. The van der Waals surface area contributed by atoms with E-state index in [9.17, 15) is 35.1 Å². The molecule has 0 aromatic carbocycles. The van der Waals surface area contributed by atoms with E-state index in [-0.39, 0.29) is 19.4 Å². The van der Waals surface area contributed by atoms with Crippen LogP contribution in [-0.2, 0) is 23.8 Å². The number of unbranched alkanes of at least 4 members (excludes halogenated alkanes) is 21. The van der Waals surface area contributed by atoms with Crippen LogP contribution in [0, 0.1) is 0 Å². The van der Waals surface area contributed by atoms with Crippen molar-refractivity contribution >= 4 is 11.9 Å². The van der Waals surface area contributed by atoms with Gasteiger partial charge in [0.15, 0.2) is 12.4 Å². The fourth-order valence-corrected chi connectivity index (χ4v) is 7.84. The van der Waals surface area contributed by atoms with Crippen LogP contribution in [0.1, 0.15) is 201 Å². The Hall–Kier alpha value is -3.16. The van der Waals surface area contributed by atoms with Crippen molar-refractivity contribution in [3.63, 3.8) is 0 Å². The van der Waals surface area contributed by atoms with E-state index >= 15 is 0 Å². The summed E-state index contributed by atoms with van der Waals surface area (Å²) >= 11 is 0. The van der Waals surface area contributed by atoms with E-state index in [1.54, 1.807) is 6.08 Å². The molecule has 0 spiro atoms. The lowest BCUT2D eigenvalue weighted by molar-refractivity contribution is -0.305. The highest BCUT2D eigenvalue weighted by Gasteiger charge is 2.47. The highest BCUT2D eigenvalue weighted by atomic mass is 16.7. The Labute approximate surface area is 413 Å². The van der Waals surface area contributed by atoms with Crippen LogP contribution in [0.2, 0.25) is 0 Å². The highest BCUT2D eigenvalue weighted by molar-refractivity contribution is 5.80. The summed E-state index contributed by atoms with van der Waals surface area (Å²) in [5, 5.41) is 56.6. The maximum absolute atomic E-state index is 13.3.